The van der Waals surface area contributed by atoms with Crippen LogP contribution < -0.4 is 0 Å². The molecule has 0 atom stereocenters. The van der Waals surface area contributed by atoms with Gasteiger partial charge in [-0.05, 0) is 0 Å². The van der Waals surface area contributed by atoms with Crippen LogP contribution in [0.5, 0.6) is 0 Å². The fourth-order valence-electron chi connectivity index (χ4n) is 1.32. The second kappa shape index (κ2) is 14.8. The molecule has 0 N–H and O–H groups in total. The number of rotatable bonds is 0. The predicted molar refractivity (Wildman–Crippen MR) is 74.0 cm³/mol. The van der Waals surface area contributed by atoms with Gasteiger partial charge in [0.25, 0.3) is 0 Å². The van der Waals surface area contributed by atoms with Gasteiger partial charge in [-0.25, -0.2) is 0 Å². The molecule has 1 saturated heterocycles. The molecule has 6 heteroatoms. The van der Waals surface area contributed by atoms with Crippen molar-refractivity contribution in [1.29, 1.82) is 0 Å². The van der Waals surface area contributed by atoms with Crippen molar-refractivity contribution in [3.05, 3.63) is 0 Å². The summed E-state index contributed by atoms with van der Waals surface area (Å²) in [6, 6.07) is 0. The summed E-state index contributed by atoms with van der Waals surface area (Å²) in [5.41, 5.74) is 0. The molecule has 18 heavy (non-hydrogen) atoms. The molecule has 0 spiro atoms. The molecule has 1 heterocycles. The Balaban J connectivity index is 2.00. The van der Waals surface area contributed by atoms with E-state index in [0.717, 1.165) is 52.9 Å². The van der Waals surface area contributed by atoms with Gasteiger partial charge in [-0.15, -0.1) is 0 Å². The van der Waals surface area contributed by atoms with Gasteiger partial charge in [-0.2, -0.15) is 0 Å². The van der Waals surface area contributed by atoms with Gasteiger partial charge >= 0.3 is 132 Å². The molecule has 0 aromatic heterocycles. The molecule has 4 nitrogen and oxygen atoms in total. The third-order valence-electron chi connectivity index (χ3n) is 2.23. The van der Waals surface area contributed by atoms with E-state index in [0.29, 0.717) is 0 Å². The van der Waals surface area contributed by atoms with Gasteiger partial charge in [0.15, 0.2) is 0 Å². The first kappa shape index (κ1) is 17.5. The number of hydrogen-bond acceptors (Lipinski definition) is 4. The monoisotopic (exact) mass is 492 g/mol. The van der Waals surface area contributed by atoms with Gasteiger partial charge in [-0.3, -0.25) is 0 Å². The molecule has 0 aromatic carbocycles. The van der Waals surface area contributed by atoms with E-state index in [2.05, 4.69) is 0 Å². The van der Waals surface area contributed by atoms with Crippen molar-refractivity contribution in [2.45, 2.75) is 17.9 Å². The van der Waals surface area contributed by atoms with E-state index in [9.17, 15) is 0 Å². The Morgan fingerprint density at radius 3 is 0.944 bits per heavy atom. The first-order valence-corrected chi connectivity index (χ1v) is 13.1. The summed E-state index contributed by atoms with van der Waals surface area (Å²) in [4.78, 5) is 0. The van der Waals surface area contributed by atoms with Crippen LogP contribution in [0, 0.1) is 0 Å². The van der Waals surface area contributed by atoms with Crippen LogP contribution in [0.1, 0.15) is 0 Å². The van der Waals surface area contributed by atoms with Crippen LogP contribution in [0.2, 0.25) is 17.9 Å². The molecule has 0 saturated carbocycles. The van der Waals surface area contributed by atoms with Gasteiger partial charge < -0.3 is 0 Å². The molecule has 0 amide bonds. The standard InChI is InChI=1S/C12H24O4Te2/c1-2-14-6-10-18-12-8-16-4-3-15-7-11-17-9-5-13-1/h1-12H2. The zero-order chi connectivity index (χ0) is 12.7. The first-order valence-electron chi connectivity index (χ1n) is 6.46. The fraction of sp³-hybridized carbons (Fsp3) is 1.00. The first-order chi connectivity index (χ1) is 9.00. The van der Waals surface area contributed by atoms with Gasteiger partial charge in [0.05, 0.1) is 0 Å². The van der Waals surface area contributed by atoms with Crippen molar-refractivity contribution in [2.24, 2.45) is 0 Å². The van der Waals surface area contributed by atoms with Crippen molar-refractivity contribution >= 4 is 41.8 Å². The molecule has 1 aliphatic rings. The Labute approximate surface area is 131 Å². The summed E-state index contributed by atoms with van der Waals surface area (Å²) in [7, 11) is 0. The zero-order valence-corrected chi connectivity index (χ0v) is 15.6. The van der Waals surface area contributed by atoms with E-state index in [1.54, 1.807) is 0 Å². The Kier molecular flexibility index (Phi) is 14.4. The Morgan fingerprint density at radius 1 is 0.389 bits per heavy atom. The minimum atomic E-state index is 0.0870. The van der Waals surface area contributed by atoms with Crippen molar-refractivity contribution in [1.82, 2.24) is 0 Å². The van der Waals surface area contributed by atoms with E-state index < -0.39 is 0 Å². The molecule has 0 radical (unpaired) electrons. The van der Waals surface area contributed by atoms with Crippen LogP contribution in [0.3, 0.4) is 0 Å². The minimum absolute atomic E-state index is 0.0870. The number of hydrogen-bond donors (Lipinski definition) is 0. The topological polar surface area (TPSA) is 36.9 Å². The molecular weight excluding hydrogens is 463 g/mol. The zero-order valence-electron chi connectivity index (χ0n) is 10.9. The van der Waals surface area contributed by atoms with E-state index in [-0.39, 0.29) is 41.8 Å². The van der Waals surface area contributed by atoms with Crippen molar-refractivity contribution in [3.63, 3.8) is 0 Å². The molecule has 1 aliphatic heterocycles. The van der Waals surface area contributed by atoms with E-state index in [1.165, 1.54) is 17.9 Å². The molecule has 1 rings (SSSR count). The summed E-state index contributed by atoms with van der Waals surface area (Å²) in [5, 5.41) is 0. The molecule has 1 fully saturated rings. The van der Waals surface area contributed by atoms with Gasteiger partial charge in [0.1, 0.15) is 0 Å². The molecule has 0 aliphatic carbocycles. The van der Waals surface area contributed by atoms with Gasteiger partial charge in [-0.1, -0.05) is 0 Å². The Hall–Kier alpha value is 1.42. The van der Waals surface area contributed by atoms with E-state index in [1.807, 2.05) is 0 Å². The third kappa shape index (κ3) is 12.5. The van der Waals surface area contributed by atoms with Gasteiger partial charge in [0, 0.05) is 0 Å². The molecule has 108 valence electrons. The number of ether oxygens (including phenoxy) is 4. The second-order valence-electron chi connectivity index (χ2n) is 3.67. The van der Waals surface area contributed by atoms with Crippen LogP contribution in [0.25, 0.3) is 0 Å². The maximum atomic E-state index is 5.54. The molecule has 0 bridgehead atoms. The average Bonchev–Trinajstić information content (AvgIpc) is 2.39. The van der Waals surface area contributed by atoms with E-state index in [4.69, 9.17) is 18.9 Å². The van der Waals surface area contributed by atoms with E-state index >= 15 is 0 Å². The van der Waals surface area contributed by atoms with Gasteiger partial charge in [0.2, 0.25) is 0 Å². The van der Waals surface area contributed by atoms with Crippen LogP contribution in [-0.4, -0.2) is 94.7 Å². The summed E-state index contributed by atoms with van der Waals surface area (Å²) in [6.45, 7) is 6.65. The Morgan fingerprint density at radius 2 is 0.667 bits per heavy atom. The van der Waals surface area contributed by atoms with Crippen LogP contribution in [0.4, 0.5) is 0 Å². The summed E-state index contributed by atoms with van der Waals surface area (Å²) >= 11 is 0.174. The summed E-state index contributed by atoms with van der Waals surface area (Å²) in [6.07, 6.45) is 0. The normalized spacial score (nSPS) is 24.0. The van der Waals surface area contributed by atoms with Crippen molar-refractivity contribution < 1.29 is 18.9 Å². The predicted octanol–water partition coefficient (Wildman–Crippen LogP) is 1.15. The second-order valence-corrected chi connectivity index (χ2v) is 10.7. The molecule has 0 unspecified atom stereocenters. The van der Waals surface area contributed by atoms with Crippen molar-refractivity contribution in [3.8, 4) is 0 Å². The summed E-state index contributed by atoms with van der Waals surface area (Å²) in [5.74, 6) is 0. The molecule has 0 aromatic rings. The Bertz CT molecular complexity index is 97.1. The SMILES string of the molecule is C1COCC[Te]CCOCCOCC[Te]CCO1. The molecular formula is C12H24O4Te2. The quantitative estimate of drug-likeness (QED) is 0.481. The average molecular weight is 488 g/mol. The van der Waals surface area contributed by atoms with Crippen LogP contribution in [-0.2, 0) is 18.9 Å². The maximum absolute atomic E-state index is 5.54. The van der Waals surface area contributed by atoms with Crippen LogP contribution >= 0.6 is 0 Å². The summed E-state index contributed by atoms with van der Waals surface area (Å²) < 4.78 is 27.1. The third-order valence-corrected chi connectivity index (χ3v) is 7.43. The van der Waals surface area contributed by atoms with Crippen LogP contribution in [0.15, 0.2) is 0 Å². The van der Waals surface area contributed by atoms with Crippen molar-refractivity contribution in [2.75, 3.05) is 52.9 Å². The fourth-order valence-corrected chi connectivity index (χ4v) is 5.18.